The molecule has 3 nitrogen and oxygen atoms in total. The standard InChI is InChI=1S/C15H17FN2OS/c16-5-6-17-7-9-18(10-8-17)15(19)14-11-12-3-1-2-4-13(12)20-14/h1-4,11H,5-10H2. The van der Waals surface area contributed by atoms with E-state index in [-0.39, 0.29) is 12.6 Å². The van der Waals surface area contributed by atoms with Crippen LogP contribution in [0.4, 0.5) is 4.39 Å². The summed E-state index contributed by atoms with van der Waals surface area (Å²) in [7, 11) is 0. The minimum absolute atomic E-state index is 0.103. The summed E-state index contributed by atoms with van der Waals surface area (Å²) in [6.07, 6.45) is 0. The number of alkyl halides is 1. The van der Waals surface area contributed by atoms with Gasteiger partial charge in [-0.25, -0.2) is 4.39 Å². The lowest BCUT2D eigenvalue weighted by Crippen LogP contribution is -2.49. The van der Waals surface area contributed by atoms with Gasteiger partial charge in [-0.3, -0.25) is 9.69 Å². The number of carbonyl (C=O) groups is 1. The summed E-state index contributed by atoms with van der Waals surface area (Å²) in [5.41, 5.74) is 0. The number of rotatable bonds is 3. The Labute approximate surface area is 121 Å². The van der Waals surface area contributed by atoms with Crippen LogP contribution in [0.25, 0.3) is 10.1 Å². The topological polar surface area (TPSA) is 23.6 Å². The molecular formula is C15H17FN2OS. The third-order valence-corrected chi connectivity index (χ3v) is 4.80. The number of hydrogen-bond donors (Lipinski definition) is 0. The molecule has 1 amide bonds. The Balaban J connectivity index is 1.70. The fourth-order valence-electron chi connectivity index (χ4n) is 2.54. The van der Waals surface area contributed by atoms with Gasteiger partial charge in [0.1, 0.15) is 6.67 Å². The molecule has 0 unspecified atom stereocenters. The molecule has 106 valence electrons. The summed E-state index contributed by atoms with van der Waals surface area (Å²) >= 11 is 1.55. The predicted molar refractivity (Wildman–Crippen MR) is 80.1 cm³/mol. The molecule has 2 heterocycles. The van der Waals surface area contributed by atoms with Crippen LogP contribution in [0.15, 0.2) is 30.3 Å². The van der Waals surface area contributed by atoms with Crippen LogP contribution in [0.3, 0.4) is 0 Å². The van der Waals surface area contributed by atoms with E-state index >= 15 is 0 Å². The van der Waals surface area contributed by atoms with E-state index in [0.29, 0.717) is 19.6 Å². The van der Waals surface area contributed by atoms with E-state index in [4.69, 9.17) is 0 Å². The van der Waals surface area contributed by atoms with Crippen LogP contribution in [0, 0.1) is 0 Å². The van der Waals surface area contributed by atoms with Crippen molar-refractivity contribution < 1.29 is 9.18 Å². The second-order valence-corrected chi connectivity index (χ2v) is 6.06. The molecule has 1 aliphatic heterocycles. The normalized spacial score (nSPS) is 16.8. The first-order valence-corrected chi connectivity index (χ1v) is 7.66. The maximum absolute atomic E-state index is 12.5. The number of piperazine rings is 1. The van der Waals surface area contributed by atoms with Gasteiger partial charge < -0.3 is 4.90 Å². The van der Waals surface area contributed by atoms with Crippen LogP contribution in [-0.4, -0.2) is 55.1 Å². The summed E-state index contributed by atoms with van der Waals surface area (Å²) in [6.45, 7) is 3.07. The summed E-state index contributed by atoms with van der Waals surface area (Å²) in [6, 6.07) is 10.0. The van der Waals surface area contributed by atoms with E-state index in [1.54, 1.807) is 11.3 Å². The van der Waals surface area contributed by atoms with Crippen molar-refractivity contribution >= 4 is 27.3 Å². The number of carbonyl (C=O) groups excluding carboxylic acids is 1. The molecule has 0 atom stereocenters. The highest BCUT2D eigenvalue weighted by molar-refractivity contribution is 7.20. The maximum atomic E-state index is 12.5. The van der Waals surface area contributed by atoms with Gasteiger partial charge in [-0.15, -0.1) is 11.3 Å². The highest BCUT2D eigenvalue weighted by atomic mass is 32.1. The lowest BCUT2D eigenvalue weighted by Gasteiger charge is -2.33. The number of hydrogen-bond acceptors (Lipinski definition) is 3. The predicted octanol–water partition coefficient (Wildman–Crippen LogP) is 2.63. The van der Waals surface area contributed by atoms with Crippen LogP contribution in [0.5, 0.6) is 0 Å². The molecule has 1 aliphatic rings. The SMILES string of the molecule is O=C(c1cc2ccccc2s1)N1CCN(CCF)CC1. The van der Waals surface area contributed by atoms with Crippen LogP contribution >= 0.6 is 11.3 Å². The van der Waals surface area contributed by atoms with Gasteiger partial charge in [0.2, 0.25) is 0 Å². The monoisotopic (exact) mass is 292 g/mol. The first-order chi connectivity index (χ1) is 9.78. The molecule has 5 heteroatoms. The molecular weight excluding hydrogens is 275 g/mol. The first-order valence-electron chi connectivity index (χ1n) is 6.84. The molecule has 0 radical (unpaired) electrons. The number of thiophene rings is 1. The Kier molecular flexibility index (Phi) is 3.98. The molecule has 0 aliphatic carbocycles. The molecule has 3 rings (SSSR count). The summed E-state index contributed by atoms with van der Waals surface area (Å²) in [4.78, 5) is 17.2. The van der Waals surface area contributed by atoms with E-state index in [1.807, 2.05) is 35.2 Å². The maximum Gasteiger partial charge on any atom is 0.264 e. The number of benzene rings is 1. The smallest absolute Gasteiger partial charge is 0.264 e. The van der Waals surface area contributed by atoms with Crippen molar-refractivity contribution in [3.8, 4) is 0 Å². The van der Waals surface area contributed by atoms with E-state index in [0.717, 1.165) is 28.1 Å². The fraction of sp³-hybridized carbons (Fsp3) is 0.400. The van der Waals surface area contributed by atoms with Crippen molar-refractivity contribution in [1.29, 1.82) is 0 Å². The second kappa shape index (κ2) is 5.89. The summed E-state index contributed by atoms with van der Waals surface area (Å²) in [5.74, 6) is 0.103. The molecule has 0 spiro atoms. The van der Waals surface area contributed by atoms with Crippen molar-refractivity contribution in [1.82, 2.24) is 9.80 Å². The molecule has 1 aromatic heterocycles. The van der Waals surface area contributed by atoms with Gasteiger partial charge in [0.05, 0.1) is 4.88 Å². The highest BCUT2D eigenvalue weighted by Gasteiger charge is 2.23. The second-order valence-electron chi connectivity index (χ2n) is 4.97. The molecule has 0 N–H and O–H groups in total. The van der Waals surface area contributed by atoms with Gasteiger partial charge in [-0.1, -0.05) is 18.2 Å². The largest absolute Gasteiger partial charge is 0.335 e. The zero-order valence-corrected chi connectivity index (χ0v) is 12.0. The van der Waals surface area contributed by atoms with E-state index in [1.165, 1.54) is 0 Å². The molecule has 1 aromatic carbocycles. The third kappa shape index (κ3) is 2.69. The highest BCUT2D eigenvalue weighted by Crippen LogP contribution is 2.26. The fourth-order valence-corrected chi connectivity index (χ4v) is 3.57. The van der Waals surface area contributed by atoms with Crippen molar-refractivity contribution in [3.05, 3.63) is 35.2 Å². The zero-order valence-electron chi connectivity index (χ0n) is 11.2. The number of fused-ring (bicyclic) bond motifs is 1. The van der Waals surface area contributed by atoms with E-state index < -0.39 is 0 Å². The third-order valence-electron chi connectivity index (χ3n) is 3.70. The Morgan fingerprint density at radius 3 is 2.65 bits per heavy atom. The van der Waals surface area contributed by atoms with Crippen molar-refractivity contribution in [2.75, 3.05) is 39.4 Å². The van der Waals surface area contributed by atoms with Crippen LogP contribution in [0.2, 0.25) is 0 Å². The molecule has 20 heavy (non-hydrogen) atoms. The number of halogens is 1. The Bertz CT molecular complexity index is 572. The van der Waals surface area contributed by atoms with Crippen molar-refractivity contribution in [2.24, 2.45) is 0 Å². The Morgan fingerprint density at radius 1 is 1.20 bits per heavy atom. The number of amides is 1. The van der Waals surface area contributed by atoms with Gasteiger partial charge in [0.25, 0.3) is 5.91 Å². The molecule has 1 saturated heterocycles. The number of nitrogens with zero attached hydrogens (tertiary/aromatic N) is 2. The van der Waals surface area contributed by atoms with E-state index in [9.17, 15) is 9.18 Å². The molecule has 1 fully saturated rings. The molecule has 0 bridgehead atoms. The quantitative estimate of drug-likeness (QED) is 0.868. The Morgan fingerprint density at radius 2 is 1.95 bits per heavy atom. The van der Waals surface area contributed by atoms with Crippen LogP contribution in [0.1, 0.15) is 9.67 Å². The average Bonchev–Trinajstić information content (AvgIpc) is 2.91. The van der Waals surface area contributed by atoms with Crippen molar-refractivity contribution in [2.45, 2.75) is 0 Å². The minimum Gasteiger partial charge on any atom is -0.335 e. The van der Waals surface area contributed by atoms with Gasteiger partial charge >= 0.3 is 0 Å². The first kappa shape index (κ1) is 13.5. The Hall–Kier alpha value is -1.46. The van der Waals surface area contributed by atoms with Gasteiger partial charge in [0, 0.05) is 37.4 Å². The summed E-state index contributed by atoms with van der Waals surface area (Å²) in [5, 5.41) is 1.12. The van der Waals surface area contributed by atoms with Gasteiger partial charge in [-0.2, -0.15) is 0 Å². The lowest BCUT2D eigenvalue weighted by atomic mass is 10.2. The lowest BCUT2D eigenvalue weighted by molar-refractivity contribution is 0.0635. The van der Waals surface area contributed by atoms with Crippen molar-refractivity contribution in [3.63, 3.8) is 0 Å². The van der Waals surface area contributed by atoms with Gasteiger partial charge in [-0.05, 0) is 17.5 Å². The molecule has 2 aromatic rings. The van der Waals surface area contributed by atoms with E-state index in [2.05, 4.69) is 4.90 Å². The average molecular weight is 292 g/mol. The zero-order chi connectivity index (χ0) is 13.9. The van der Waals surface area contributed by atoms with Gasteiger partial charge in [0.15, 0.2) is 0 Å². The summed E-state index contributed by atoms with van der Waals surface area (Å²) < 4.78 is 13.4. The minimum atomic E-state index is -0.315. The van der Waals surface area contributed by atoms with Crippen LogP contribution in [-0.2, 0) is 0 Å². The molecule has 0 saturated carbocycles. The van der Waals surface area contributed by atoms with Crippen LogP contribution < -0.4 is 0 Å².